The Morgan fingerprint density at radius 3 is 3.00 bits per heavy atom. The van der Waals surface area contributed by atoms with Gasteiger partial charge in [0.25, 0.3) is 0 Å². The molecule has 0 fully saturated rings. The number of rotatable bonds is 5. The van der Waals surface area contributed by atoms with Crippen molar-refractivity contribution in [3.63, 3.8) is 0 Å². The number of carbonyl (C=O) groups excluding carboxylic acids is 2. The van der Waals surface area contributed by atoms with Crippen molar-refractivity contribution >= 4 is 19.0 Å². The second-order valence-electron chi connectivity index (χ2n) is 4.94. The largest absolute Gasteiger partial charge is 0.547 e. The Morgan fingerprint density at radius 1 is 1.55 bits per heavy atom. The number of benzene rings is 1. The molecule has 1 aromatic carbocycles. The van der Waals surface area contributed by atoms with Crippen LogP contribution in [0.1, 0.15) is 29.3 Å². The molecule has 1 atom stereocenters. The van der Waals surface area contributed by atoms with Gasteiger partial charge in [-0.1, -0.05) is 12.1 Å². The van der Waals surface area contributed by atoms with Gasteiger partial charge in [0.15, 0.2) is 0 Å². The summed E-state index contributed by atoms with van der Waals surface area (Å²) in [6, 6.07) is 5.08. The molecule has 22 heavy (non-hydrogen) atoms. The lowest BCUT2D eigenvalue weighted by Crippen LogP contribution is -2.53. The first-order valence-corrected chi connectivity index (χ1v) is 7.20. The smallest absolute Gasteiger partial charge is 0.534 e. The van der Waals surface area contributed by atoms with E-state index in [2.05, 4.69) is 5.32 Å². The third kappa shape index (κ3) is 3.58. The number of para-hydroxylation sites is 1. The van der Waals surface area contributed by atoms with E-state index in [9.17, 15) is 14.6 Å². The highest BCUT2D eigenvalue weighted by atomic mass is 16.5. The molecule has 0 saturated heterocycles. The highest BCUT2D eigenvalue weighted by molar-refractivity contribution is 6.47. The Hall–Kier alpha value is -2.06. The van der Waals surface area contributed by atoms with Crippen molar-refractivity contribution in [2.75, 3.05) is 13.2 Å². The van der Waals surface area contributed by atoms with E-state index in [1.54, 1.807) is 25.1 Å². The van der Waals surface area contributed by atoms with Crippen LogP contribution in [-0.4, -0.2) is 43.1 Å². The van der Waals surface area contributed by atoms with Gasteiger partial charge in [-0.25, -0.2) is 4.79 Å². The van der Waals surface area contributed by atoms with Crippen LogP contribution >= 0.6 is 0 Å². The van der Waals surface area contributed by atoms with Crippen LogP contribution in [0, 0.1) is 0 Å². The SMILES string of the molecule is CCOC(=O)c1cccc2c1OB(O)[C@@H](NC(=O)CCN)C2. The first-order chi connectivity index (χ1) is 10.6. The molecule has 8 heteroatoms. The minimum atomic E-state index is -1.23. The van der Waals surface area contributed by atoms with Crippen LogP contribution in [-0.2, 0) is 16.0 Å². The van der Waals surface area contributed by atoms with E-state index in [1.807, 2.05) is 0 Å². The molecule has 7 nitrogen and oxygen atoms in total. The third-order valence-corrected chi connectivity index (χ3v) is 3.33. The molecule has 1 amide bonds. The van der Waals surface area contributed by atoms with Crippen molar-refractivity contribution in [1.29, 1.82) is 0 Å². The molecule has 0 bridgehead atoms. The Morgan fingerprint density at radius 2 is 2.32 bits per heavy atom. The summed E-state index contributed by atoms with van der Waals surface area (Å²) in [5, 5.41) is 12.7. The summed E-state index contributed by atoms with van der Waals surface area (Å²) in [6.45, 7) is 2.20. The standard InChI is InChI=1S/C14H19BN2O5/c1-2-21-14(19)10-5-3-4-9-8-11(15(20)22-13(9)10)17-12(18)6-7-16/h3-5,11,20H,2,6-8,16H2,1H3,(H,17,18)/t11-/m0/s1. The summed E-state index contributed by atoms with van der Waals surface area (Å²) in [6.07, 6.45) is 0.541. The molecule has 1 aromatic rings. The molecule has 1 aliphatic heterocycles. The van der Waals surface area contributed by atoms with Gasteiger partial charge in [0.1, 0.15) is 11.3 Å². The molecule has 0 saturated carbocycles. The number of amides is 1. The van der Waals surface area contributed by atoms with Crippen LogP contribution in [0.5, 0.6) is 5.75 Å². The van der Waals surface area contributed by atoms with Crippen molar-refractivity contribution in [3.05, 3.63) is 29.3 Å². The van der Waals surface area contributed by atoms with Gasteiger partial charge >= 0.3 is 13.1 Å². The molecule has 0 aliphatic carbocycles. The first-order valence-electron chi connectivity index (χ1n) is 7.20. The normalized spacial score (nSPS) is 16.5. The lowest BCUT2D eigenvalue weighted by Gasteiger charge is -2.29. The summed E-state index contributed by atoms with van der Waals surface area (Å²) in [7, 11) is -1.23. The predicted octanol–water partition coefficient (Wildman–Crippen LogP) is -0.348. The Kier molecular flexibility index (Phi) is 5.40. The minimum absolute atomic E-state index is 0.180. The van der Waals surface area contributed by atoms with Gasteiger partial charge in [0.05, 0.1) is 12.5 Å². The Labute approximate surface area is 128 Å². The molecule has 0 unspecified atom stereocenters. The summed E-state index contributed by atoms with van der Waals surface area (Å²) in [5.41, 5.74) is 6.32. The van der Waals surface area contributed by atoms with E-state index in [0.717, 1.165) is 5.56 Å². The van der Waals surface area contributed by atoms with Crippen LogP contribution < -0.4 is 15.7 Å². The van der Waals surface area contributed by atoms with Gasteiger partial charge < -0.3 is 25.5 Å². The molecule has 2 rings (SSSR count). The summed E-state index contributed by atoms with van der Waals surface area (Å²) in [5.74, 6) is -1.03. The number of fused-ring (bicyclic) bond motifs is 1. The van der Waals surface area contributed by atoms with Gasteiger partial charge in [-0.05, 0) is 25.0 Å². The fourth-order valence-electron chi connectivity index (χ4n) is 2.33. The number of hydrogen-bond acceptors (Lipinski definition) is 6. The van der Waals surface area contributed by atoms with Crippen molar-refractivity contribution in [2.45, 2.75) is 25.7 Å². The maximum Gasteiger partial charge on any atom is 0.547 e. The second kappa shape index (κ2) is 7.28. The van der Waals surface area contributed by atoms with Crippen molar-refractivity contribution in [1.82, 2.24) is 5.32 Å². The molecule has 0 spiro atoms. The van der Waals surface area contributed by atoms with Crippen molar-refractivity contribution < 1.29 is 24.0 Å². The van der Waals surface area contributed by atoms with E-state index in [-0.39, 0.29) is 31.0 Å². The number of ether oxygens (including phenoxy) is 1. The quantitative estimate of drug-likeness (QED) is 0.506. The third-order valence-electron chi connectivity index (χ3n) is 3.33. The number of hydrogen-bond donors (Lipinski definition) is 3. The summed E-state index contributed by atoms with van der Waals surface area (Å²) in [4.78, 5) is 23.5. The van der Waals surface area contributed by atoms with E-state index in [1.165, 1.54) is 0 Å². The molecular weight excluding hydrogens is 287 g/mol. The Bertz CT molecular complexity index is 566. The number of nitrogens with one attached hydrogen (secondary N) is 1. The van der Waals surface area contributed by atoms with Crippen molar-refractivity contribution in [3.8, 4) is 5.75 Å². The van der Waals surface area contributed by atoms with E-state index >= 15 is 0 Å². The van der Waals surface area contributed by atoms with Gasteiger partial charge in [0.2, 0.25) is 5.91 Å². The molecular formula is C14H19BN2O5. The van der Waals surface area contributed by atoms with Gasteiger partial charge in [-0.2, -0.15) is 0 Å². The average molecular weight is 306 g/mol. The van der Waals surface area contributed by atoms with Gasteiger partial charge in [-0.3, -0.25) is 4.79 Å². The Balaban J connectivity index is 2.18. The molecule has 118 valence electrons. The van der Waals surface area contributed by atoms with E-state index in [4.69, 9.17) is 15.1 Å². The zero-order chi connectivity index (χ0) is 16.1. The molecule has 1 aliphatic rings. The average Bonchev–Trinajstić information content (AvgIpc) is 2.48. The van der Waals surface area contributed by atoms with Crippen LogP contribution in [0.4, 0.5) is 0 Å². The molecule has 0 aromatic heterocycles. The summed E-state index contributed by atoms with van der Waals surface area (Å²) >= 11 is 0. The number of nitrogens with two attached hydrogens (primary N) is 1. The van der Waals surface area contributed by atoms with Gasteiger partial charge in [0, 0.05) is 13.0 Å². The predicted molar refractivity (Wildman–Crippen MR) is 80.3 cm³/mol. The van der Waals surface area contributed by atoms with E-state index in [0.29, 0.717) is 12.2 Å². The maximum absolute atomic E-state index is 11.9. The zero-order valence-corrected chi connectivity index (χ0v) is 12.4. The van der Waals surface area contributed by atoms with Gasteiger partial charge in [-0.15, -0.1) is 0 Å². The van der Waals surface area contributed by atoms with Crippen LogP contribution in [0.15, 0.2) is 18.2 Å². The highest BCUT2D eigenvalue weighted by Gasteiger charge is 2.37. The zero-order valence-electron chi connectivity index (χ0n) is 12.4. The molecule has 1 heterocycles. The second-order valence-corrected chi connectivity index (χ2v) is 4.94. The fourth-order valence-corrected chi connectivity index (χ4v) is 2.33. The maximum atomic E-state index is 11.9. The summed E-state index contributed by atoms with van der Waals surface area (Å²) < 4.78 is 10.4. The number of esters is 1. The monoisotopic (exact) mass is 306 g/mol. The fraction of sp³-hybridized carbons (Fsp3) is 0.429. The van der Waals surface area contributed by atoms with Crippen LogP contribution in [0.25, 0.3) is 0 Å². The molecule has 4 N–H and O–H groups in total. The van der Waals surface area contributed by atoms with Crippen molar-refractivity contribution in [2.24, 2.45) is 5.73 Å². The van der Waals surface area contributed by atoms with Crippen LogP contribution in [0.2, 0.25) is 0 Å². The minimum Gasteiger partial charge on any atom is -0.534 e. The lowest BCUT2D eigenvalue weighted by atomic mass is 9.72. The number of carbonyl (C=O) groups is 2. The topological polar surface area (TPSA) is 111 Å². The molecule has 0 radical (unpaired) electrons. The lowest BCUT2D eigenvalue weighted by molar-refractivity contribution is -0.121. The first kappa shape index (κ1) is 16.3. The highest BCUT2D eigenvalue weighted by Crippen LogP contribution is 2.30. The van der Waals surface area contributed by atoms with E-state index < -0.39 is 19.0 Å². The van der Waals surface area contributed by atoms with Crippen LogP contribution in [0.3, 0.4) is 0 Å².